The van der Waals surface area contributed by atoms with E-state index in [4.69, 9.17) is 4.74 Å². The van der Waals surface area contributed by atoms with E-state index in [-0.39, 0.29) is 5.82 Å². The number of benzene rings is 2. The third kappa shape index (κ3) is 4.81. The normalized spacial score (nSPS) is 11.4. The number of hydrazine groups is 1. The average Bonchev–Trinajstić information content (AvgIpc) is 2.55. The Labute approximate surface area is 133 Å². The van der Waals surface area contributed by atoms with E-state index in [9.17, 15) is 14.0 Å². The van der Waals surface area contributed by atoms with Crippen molar-refractivity contribution in [3.05, 3.63) is 65.5 Å². The fourth-order valence-electron chi connectivity index (χ4n) is 1.77. The molecule has 0 radical (unpaired) electrons. The molecule has 5 nitrogen and oxygen atoms in total. The molecule has 0 saturated heterocycles. The number of carbonyl (C=O) groups is 2. The van der Waals surface area contributed by atoms with Crippen LogP contribution in [0.25, 0.3) is 0 Å². The van der Waals surface area contributed by atoms with Gasteiger partial charge in [-0.3, -0.25) is 20.4 Å². The highest BCUT2D eigenvalue weighted by atomic mass is 19.1. The molecule has 2 aromatic rings. The summed E-state index contributed by atoms with van der Waals surface area (Å²) < 4.78 is 18.2. The molecule has 0 aliphatic carbocycles. The maximum atomic E-state index is 12.8. The molecule has 1 atom stereocenters. The number of carbonyl (C=O) groups excluding carboxylic acids is 2. The van der Waals surface area contributed by atoms with Gasteiger partial charge in [0.1, 0.15) is 11.6 Å². The largest absolute Gasteiger partial charge is 0.481 e. The topological polar surface area (TPSA) is 67.4 Å². The Bertz CT molecular complexity index is 684. The first kappa shape index (κ1) is 16.5. The van der Waals surface area contributed by atoms with Gasteiger partial charge in [0.15, 0.2) is 6.10 Å². The minimum absolute atomic E-state index is 0.360. The second-order valence-corrected chi connectivity index (χ2v) is 5.02. The van der Waals surface area contributed by atoms with Gasteiger partial charge in [0.2, 0.25) is 0 Å². The molecule has 0 spiro atoms. The lowest BCUT2D eigenvalue weighted by Crippen LogP contribution is -2.47. The molecule has 2 aromatic carbocycles. The summed E-state index contributed by atoms with van der Waals surface area (Å²) >= 11 is 0. The zero-order valence-corrected chi connectivity index (χ0v) is 12.8. The highest BCUT2D eigenvalue weighted by Gasteiger charge is 2.15. The first-order valence-corrected chi connectivity index (χ1v) is 7.05. The van der Waals surface area contributed by atoms with Crippen molar-refractivity contribution in [2.75, 3.05) is 0 Å². The molecule has 2 amide bonds. The molecule has 23 heavy (non-hydrogen) atoms. The van der Waals surface area contributed by atoms with Crippen LogP contribution in [-0.4, -0.2) is 17.9 Å². The van der Waals surface area contributed by atoms with Crippen molar-refractivity contribution in [3.8, 4) is 5.75 Å². The molecule has 0 heterocycles. The van der Waals surface area contributed by atoms with Gasteiger partial charge in [-0.2, -0.15) is 0 Å². The van der Waals surface area contributed by atoms with E-state index in [1.807, 2.05) is 6.92 Å². The predicted octanol–water partition coefficient (Wildman–Crippen LogP) is 2.36. The van der Waals surface area contributed by atoms with Gasteiger partial charge in [-0.05, 0) is 50.2 Å². The smallest absolute Gasteiger partial charge is 0.279 e. The van der Waals surface area contributed by atoms with Gasteiger partial charge < -0.3 is 4.74 Å². The van der Waals surface area contributed by atoms with Crippen LogP contribution in [0.3, 0.4) is 0 Å². The SMILES string of the molecule is Cc1ccc(C(=O)NNC(=O)[C@H](C)Oc2ccc(F)cc2)cc1. The first-order chi connectivity index (χ1) is 11.0. The Balaban J connectivity index is 1.84. The second kappa shape index (κ2) is 7.40. The zero-order valence-electron chi connectivity index (χ0n) is 12.8. The summed E-state index contributed by atoms with van der Waals surface area (Å²) in [5, 5.41) is 0. The number of rotatable bonds is 4. The van der Waals surface area contributed by atoms with Gasteiger partial charge in [-0.1, -0.05) is 17.7 Å². The molecular weight excluding hydrogens is 299 g/mol. The molecule has 0 unspecified atom stereocenters. The first-order valence-electron chi connectivity index (χ1n) is 7.05. The second-order valence-electron chi connectivity index (χ2n) is 5.02. The van der Waals surface area contributed by atoms with Gasteiger partial charge >= 0.3 is 0 Å². The number of hydrogen-bond donors (Lipinski definition) is 2. The molecular formula is C17H17FN2O3. The van der Waals surface area contributed by atoms with Crippen molar-refractivity contribution in [2.45, 2.75) is 20.0 Å². The minimum Gasteiger partial charge on any atom is -0.481 e. The highest BCUT2D eigenvalue weighted by Crippen LogP contribution is 2.12. The number of hydrogen-bond acceptors (Lipinski definition) is 3. The van der Waals surface area contributed by atoms with E-state index in [1.54, 1.807) is 24.3 Å². The average molecular weight is 316 g/mol. The number of nitrogens with one attached hydrogen (secondary N) is 2. The monoisotopic (exact) mass is 316 g/mol. The molecule has 120 valence electrons. The third-order valence-corrected chi connectivity index (χ3v) is 3.11. The fourth-order valence-corrected chi connectivity index (χ4v) is 1.77. The quantitative estimate of drug-likeness (QED) is 0.851. The lowest BCUT2D eigenvalue weighted by Gasteiger charge is -2.15. The molecule has 0 fully saturated rings. The maximum absolute atomic E-state index is 12.8. The Morgan fingerprint density at radius 1 is 1.00 bits per heavy atom. The van der Waals surface area contributed by atoms with Crippen LogP contribution in [0.5, 0.6) is 5.75 Å². The number of halogens is 1. The van der Waals surface area contributed by atoms with Gasteiger partial charge in [0.05, 0.1) is 0 Å². The van der Waals surface area contributed by atoms with E-state index < -0.39 is 17.9 Å². The number of amides is 2. The lowest BCUT2D eigenvalue weighted by atomic mass is 10.1. The molecule has 0 aliphatic rings. The molecule has 0 aromatic heterocycles. The van der Waals surface area contributed by atoms with Crippen LogP contribution in [0.2, 0.25) is 0 Å². The van der Waals surface area contributed by atoms with Crippen LogP contribution < -0.4 is 15.6 Å². The zero-order chi connectivity index (χ0) is 16.8. The Kier molecular flexibility index (Phi) is 5.30. The van der Waals surface area contributed by atoms with Gasteiger partial charge in [-0.25, -0.2) is 4.39 Å². The van der Waals surface area contributed by atoms with Crippen LogP contribution in [-0.2, 0) is 4.79 Å². The Morgan fingerprint density at radius 2 is 1.61 bits per heavy atom. The van der Waals surface area contributed by atoms with Gasteiger partial charge in [-0.15, -0.1) is 0 Å². The Hall–Kier alpha value is -2.89. The fraction of sp³-hybridized carbons (Fsp3) is 0.176. The van der Waals surface area contributed by atoms with Crippen LogP contribution in [0.4, 0.5) is 4.39 Å². The summed E-state index contributed by atoms with van der Waals surface area (Å²) in [6, 6.07) is 12.2. The van der Waals surface area contributed by atoms with Crippen LogP contribution in [0.15, 0.2) is 48.5 Å². The molecule has 0 bridgehead atoms. The van der Waals surface area contributed by atoms with Crippen LogP contribution in [0.1, 0.15) is 22.8 Å². The summed E-state index contributed by atoms with van der Waals surface area (Å²) in [4.78, 5) is 23.7. The predicted molar refractivity (Wildman–Crippen MR) is 83.3 cm³/mol. The van der Waals surface area contributed by atoms with E-state index in [0.29, 0.717) is 11.3 Å². The van der Waals surface area contributed by atoms with E-state index >= 15 is 0 Å². The van der Waals surface area contributed by atoms with E-state index in [2.05, 4.69) is 10.9 Å². The molecule has 0 saturated carbocycles. The van der Waals surface area contributed by atoms with Crippen molar-refractivity contribution in [3.63, 3.8) is 0 Å². The number of ether oxygens (including phenoxy) is 1. The summed E-state index contributed by atoms with van der Waals surface area (Å²) in [6.45, 7) is 3.44. The molecule has 2 N–H and O–H groups in total. The van der Waals surface area contributed by atoms with Gasteiger partial charge in [0, 0.05) is 5.56 Å². The lowest BCUT2D eigenvalue weighted by molar-refractivity contribution is -0.128. The van der Waals surface area contributed by atoms with Crippen molar-refractivity contribution < 1.29 is 18.7 Å². The van der Waals surface area contributed by atoms with Crippen LogP contribution >= 0.6 is 0 Å². The van der Waals surface area contributed by atoms with Crippen molar-refractivity contribution in [1.29, 1.82) is 0 Å². The standard InChI is InChI=1S/C17H17FN2O3/c1-11-3-5-13(6-4-11)17(22)20-19-16(21)12(2)23-15-9-7-14(18)8-10-15/h3-10,12H,1-2H3,(H,19,21)(H,20,22)/t12-/m0/s1. The molecule has 2 rings (SSSR count). The molecule has 0 aliphatic heterocycles. The maximum Gasteiger partial charge on any atom is 0.279 e. The van der Waals surface area contributed by atoms with Crippen molar-refractivity contribution in [2.24, 2.45) is 0 Å². The van der Waals surface area contributed by atoms with E-state index in [0.717, 1.165) is 5.56 Å². The summed E-state index contributed by atoms with van der Waals surface area (Å²) in [7, 11) is 0. The summed E-state index contributed by atoms with van der Waals surface area (Å²) in [6.07, 6.45) is -0.848. The number of aryl methyl sites for hydroxylation is 1. The van der Waals surface area contributed by atoms with Crippen molar-refractivity contribution in [1.82, 2.24) is 10.9 Å². The van der Waals surface area contributed by atoms with Gasteiger partial charge in [0.25, 0.3) is 11.8 Å². The third-order valence-electron chi connectivity index (χ3n) is 3.11. The summed E-state index contributed by atoms with van der Waals surface area (Å²) in [5.74, 6) is -0.971. The molecule has 6 heteroatoms. The van der Waals surface area contributed by atoms with Crippen molar-refractivity contribution >= 4 is 11.8 Å². The summed E-state index contributed by atoms with van der Waals surface area (Å²) in [5.41, 5.74) is 6.07. The minimum atomic E-state index is -0.848. The van der Waals surface area contributed by atoms with Crippen LogP contribution in [0, 0.1) is 12.7 Å². The Morgan fingerprint density at radius 3 is 2.22 bits per heavy atom. The van der Waals surface area contributed by atoms with E-state index in [1.165, 1.54) is 31.2 Å². The highest BCUT2D eigenvalue weighted by molar-refractivity contribution is 5.95.